The van der Waals surface area contributed by atoms with Crippen LogP contribution in [-0.2, 0) is 32.0 Å². The Hall–Kier alpha value is -5.16. The second-order valence-electron chi connectivity index (χ2n) is 14.1. The number of hydrogen-bond donors (Lipinski definition) is 4. The van der Waals surface area contributed by atoms with E-state index in [-0.39, 0.29) is 79.7 Å². The third-order valence-electron chi connectivity index (χ3n) is 9.31. The summed E-state index contributed by atoms with van der Waals surface area (Å²) in [5.41, 5.74) is 2.50. The van der Waals surface area contributed by atoms with Crippen molar-refractivity contribution >= 4 is 162 Å². The molecule has 22 heteroatoms. The standard InChI is InChI=1S/C44H34Cl8N8O6/c1-5-21-11-25(55-43(65)38(19(3)61)59-57-34-13-23(7-9-28(34)45)41(63)53-26-15-30(47)36(51)31(48)16-26)12-22(6-2)40(21)56-44(66)39(20(4)62)60-58-35-14-24(8-10-29(35)46)42(64)54-27-17-32(49)37(52)33(50)18-27/h7-18,38-39H,5-6H2,1-4H3,(H,53,63)(H,54,64)(H,55,65)(H,56,66). The zero-order valence-electron chi connectivity index (χ0n) is 34.8. The van der Waals surface area contributed by atoms with E-state index in [9.17, 15) is 28.8 Å². The first-order valence-corrected chi connectivity index (χ1v) is 22.3. The Balaban J connectivity index is 1.31. The third-order valence-corrected chi connectivity index (χ3v) is 12.3. The third kappa shape index (κ3) is 13.0. The number of halogens is 8. The van der Waals surface area contributed by atoms with Crippen LogP contribution < -0.4 is 21.3 Å². The SMILES string of the molecule is CCc1cc(NC(=O)C(N=Nc2cc(C(=O)Nc3cc(Cl)c(Cl)c(Cl)c3)ccc2Cl)C(C)=O)cc(CC)c1NC(=O)C(N=Nc1cc(C(=O)Nc2cc(Cl)c(Cl)c(Cl)c2)ccc1Cl)C(C)=O. The van der Waals surface area contributed by atoms with E-state index in [1.807, 2.05) is 13.8 Å². The van der Waals surface area contributed by atoms with Crippen molar-refractivity contribution in [2.24, 2.45) is 20.5 Å². The number of benzene rings is 5. The molecular weight excluding hydrogens is 1020 g/mol. The van der Waals surface area contributed by atoms with Crippen molar-refractivity contribution in [2.75, 3.05) is 21.3 Å². The first-order chi connectivity index (χ1) is 31.2. The van der Waals surface area contributed by atoms with Gasteiger partial charge in [-0.3, -0.25) is 28.8 Å². The maximum absolute atomic E-state index is 13.7. The minimum atomic E-state index is -1.63. The maximum atomic E-state index is 13.7. The van der Waals surface area contributed by atoms with Crippen molar-refractivity contribution < 1.29 is 28.8 Å². The van der Waals surface area contributed by atoms with Crippen LogP contribution in [0.1, 0.15) is 59.5 Å². The number of Topliss-reactive ketones (excluding diaryl/α,β-unsaturated/α-hetero) is 2. The number of amides is 4. The fraction of sp³-hybridized carbons (Fsp3) is 0.182. The summed E-state index contributed by atoms with van der Waals surface area (Å²) in [5.74, 6) is -4.10. The molecule has 0 aliphatic heterocycles. The second kappa shape index (κ2) is 23.0. The number of nitrogens with zero attached hydrogens (tertiary/aromatic N) is 4. The van der Waals surface area contributed by atoms with Gasteiger partial charge >= 0.3 is 0 Å². The average Bonchev–Trinajstić information content (AvgIpc) is 3.25. The summed E-state index contributed by atoms with van der Waals surface area (Å²) in [6.07, 6.45) is 0.710. The van der Waals surface area contributed by atoms with Crippen molar-refractivity contribution in [3.05, 3.63) is 135 Å². The van der Waals surface area contributed by atoms with Gasteiger partial charge in [0.15, 0.2) is 11.6 Å². The fourth-order valence-corrected chi connectivity index (χ4v) is 7.46. The summed E-state index contributed by atoms with van der Waals surface area (Å²) < 4.78 is 0. The van der Waals surface area contributed by atoms with Gasteiger partial charge in [0.2, 0.25) is 12.1 Å². The average molecular weight is 1050 g/mol. The number of rotatable bonds is 16. The van der Waals surface area contributed by atoms with Gasteiger partial charge in [-0.05, 0) is 111 Å². The molecule has 0 aromatic heterocycles. The van der Waals surface area contributed by atoms with Gasteiger partial charge in [0.1, 0.15) is 11.4 Å². The largest absolute Gasteiger partial charge is 0.324 e. The predicted octanol–water partition coefficient (Wildman–Crippen LogP) is 13.9. The van der Waals surface area contributed by atoms with Crippen LogP contribution in [0.2, 0.25) is 40.2 Å². The lowest BCUT2D eigenvalue weighted by Crippen LogP contribution is -2.33. The van der Waals surface area contributed by atoms with Crippen LogP contribution in [0.3, 0.4) is 0 Å². The molecular formula is C44H34Cl8N8O6. The summed E-state index contributed by atoms with van der Waals surface area (Å²) in [6, 6.07) is 13.9. The van der Waals surface area contributed by atoms with Gasteiger partial charge in [-0.15, -0.1) is 0 Å². The number of nitrogens with one attached hydrogen (secondary N) is 4. The van der Waals surface area contributed by atoms with E-state index >= 15 is 0 Å². The first-order valence-electron chi connectivity index (χ1n) is 19.3. The minimum Gasteiger partial charge on any atom is -0.324 e. The highest BCUT2D eigenvalue weighted by Crippen LogP contribution is 2.36. The van der Waals surface area contributed by atoms with E-state index in [4.69, 9.17) is 92.8 Å². The Morgan fingerprint density at radius 2 is 0.818 bits per heavy atom. The Kier molecular flexibility index (Phi) is 18.1. The molecule has 2 unspecified atom stereocenters. The minimum absolute atomic E-state index is 0.00558. The van der Waals surface area contributed by atoms with Gasteiger partial charge in [0.25, 0.3) is 23.6 Å². The van der Waals surface area contributed by atoms with Crippen molar-refractivity contribution in [1.29, 1.82) is 0 Å². The lowest BCUT2D eigenvalue weighted by molar-refractivity contribution is -0.127. The number of carbonyl (C=O) groups is 6. The highest BCUT2D eigenvalue weighted by atomic mass is 35.5. The van der Waals surface area contributed by atoms with Gasteiger partial charge < -0.3 is 21.3 Å². The normalized spacial score (nSPS) is 12.2. The molecule has 4 amide bonds. The van der Waals surface area contributed by atoms with Crippen LogP contribution in [0.25, 0.3) is 0 Å². The van der Waals surface area contributed by atoms with E-state index in [1.165, 1.54) is 60.7 Å². The van der Waals surface area contributed by atoms with Gasteiger partial charge in [-0.2, -0.15) is 20.5 Å². The molecule has 0 bridgehead atoms. The number of hydrogen-bond acceptors (Lipinski definition) is 10. The van der Waals surface area contributed by atoms with E-state index in [0.29, 0.717) is 29.7 Å². The first kappa shape index (κ1) is 51.8. The molecule has 342 valence electrons. The van der Waals surface area contributed by atoms with E-state index in [1.54, 1.807) is 12.1 Å². The number of azo groups is 2. The Morgan fingerprint density at radius 1 is 0.470 bits per heavy atom. The molecule has 0 aliphatic rings. The van der Waals surface area contributed by atoms with Crippen LogP contribution >= 0.6 is 92.8 Å². The molecule has 0 saturated heterocycles. The Bertz CT molecular complexity index is 2790. The summed E-state index contributed by atoms with van der Waals surface area (Å²) in [4.78, 5) is 78.8. The van der Waals surface area contributed by atoms with Gasteiger partial charge in [-0.25, -0.2) is 0 Å². The van der Waals surface area contributed by atoms with E-state index in [0.717, 1.165) is 13.8 Å². The molecule has 0 spiro atoms. The van der Waals surface area contributed by atoms with E-state index in [2.05, 4.69) is 41.7 Å². The quantitative estimate of drug-likeness (QED) is 0.0430. The van der Waals surface area contributed by atoms with Crippen LogP contribution in [-0.4, -0.2) is 47.3 Å². The van der Waals surface area contributed by atoms with Crippen LogP contribution in [0.4, 0.5) is 34.1 Å². The summed E-state index contributed by atoms with van der Waals surface area (Å²) in [6.45, 7) is 5.94. The summed E-state index contributed by atoms with van der Waals surface area (Å²) in [5, 5.41) is 27.8. The summed E-state index contributed by atoms with van der Waals surface area (Å²) in [7, 11) is 0. The van der Waals surface area contributed by atoms with Gasteiger partial charge in [0.05, 0.1) is 40.2 Å². The lowest BCUT2D eigenvalue weighted by Gasteiger charge is -2.19. The Labute approximate surface area is 417 Å². The lowest BCUT2D eigenvalue weighted by atomic mass is 10.0. The van der Waals surface area contributed by atoms with Crippen LogP contribution in [0, 0.1) is 0 Å². The topological polar surface area (TPSA) is 200 Å². The molecule has 14 nitrogen and oxygen atoms in total. The molecule has 5 aromatic rings. The molecule has 0 aliphatic carbocycles. The molecule has 5 aromatic carbocycles. The Morgan fingerprint density at radius 3 is 1.17 bits per heavy atom. The zero-order valence-corrected chi connectivity index (χ0v) is 40.8. The number of carbonyl (C=O) groups excluding carboxylic acids is 6. The van der Waals surface area contributed by atoms with Crippen molar-refractivity contribution in [3.63, 3.8) is 0 Å². The molecule has 0 fully saturated rings. The van der Waals surface area contributed by atoms with Crippen molar-refractivity contribution in [2.45, 2.75) is 52.6 Å². The molecule has 5 rings (SSSR count). The predicted molar refractivity (Wildman–Crippen MR) is 262 cm³/mol. The molecule has 0 radical (unpaired) electrons. The summed E-state index contributed by atoms with van der Waals surface area (Å²) >= 11 is 49.0. The van der Waals surface area contributed by atoms with Gasteiger partial charge in [-0.1, -0.05) is 107 Å². The monoisotopic (exact) mass is 1050 g/mol. The fourth-order valence-electron chi connectivity index (χ4n) is 5.96. The molecule has 4 N–H and O–H groups in total. The molecule has 0 heterocycles. The molecule has 0 saturated carbocycles. The second-order valence-corrected chi connectivity index (χ2v) is 17.3. The number of ketones is 2. The highest BCUT2D eigenvalue weighted by Gasteiger charge is 2.27. The molecule has 66 heavy (non-hydrogen) atoms. The highest BCUT2D eigenvalue weighted by molar-refractivity contribution is 6.49. The van der Waals surface area contributed by atoms with Crippen LogP contribution in [0.5, 0.6) is 0 Å². The van der Waals surface area contributed by atoms with Crippen molar-refractivity contribution in [3.8, 4) is 0 Å². The molecule has 2 atom stereocenters. The smallest absolute Gasteiger partial charge is 0.258 e. The number of aryl methyl sites for hydroxylation is 2. The zero-order chi connectivity index (χ0) is 48.6. The number of anilines is 4. The van der Waals surface area contributed by atoms with Gasteiger partial charge in [0, 0.05) is 33.9 Å². The van der Waals surface area contributed by atoms with E-state index < -0.39 is 47.3 Å². The van der Waals surface area contributed by atoms with Crippen molar-refractivity contribution in [1.82, 2.24) is 0 Å². The van der Waals surface area contributed by atoms with Crippen LogP contribution in [0.15, 0.2) is 93.3 Å². The maximum Gasteiger partial charge on any atom is 0.258 e.